The summed E-state index contributed by atoms with van der Waals surface area (Å²) in [5.41, 5.74) is 0. The van der Waals surface area contributed by atoms with Crippen molar-refractivity contribution < 1.29 is 14.4 Å². The van der Waals surface area contributed by atoms with Gasteiger partial charge in [-0.05, 0) is 26.3 Å². The normalized spacial score (nSPS) is 22.1. The van der Waals surface area contributed by atoms with Crippen LogP contribution in [0.4, 0.5) is 0 Å². The second kappa shape index (κ2) is 3.98. The van der Waals surface area contributed by atoms with Gasteiger partial charge >= 0.3 is 5.97 Å². The van der Waals surface area contributed by atoms with E-state index in [1.807, 2.05) is 4.90 Å². The number of carboxylic acids is 1. The fourth-order valence-corrected chi connectivity index (χ4v) is 1.87. The number of likely N-dealkylation sites (tertiary alicyclic amines) is 1. The van der Waals surface area contributed by atoms with Crippen LogP contribution >= 0.6 is 0 Å². The molecule has 1 fully saturated rings. The van der Waals surface area contributed by atoms with Crippen molar-refractivity contribution in [3.05, 3.63) is 11.7 Å². The van der Waals surface area contributed by atoms with Gasteiger partial charge in [0.15, 0.2) is 5.82 Å². The molecule has 2 rings (SSSR count). The van der Waals surface area contributed by atoms with Crippen molar-refractivity contribution in [2.75, 3.05) is 6.54 Å². The molecule has 1 aliphatic rings. The number of carboxylic acid groups (broad SMARTS) is 1. The van der Waals surface area contributed by atoms with E-state index in [4.69, 9.17) is 9.63 Å². The predicted octanol–water partition coefficient (Wildman–Crippen LogP) is 0.427. The molecule has 0 bridgehead atoms. The summed E-state index contributed by atoms with van der Waals surface area (Å²) in [6.07, 6.45) is 1.60. The lowest BCUT2D eigenvalue weighted by atomic mass is 10.2. The van der Waals surface area contributed by atoms with E-state index >= 15 is 0 Å². The van der Waals surface area contributed by atoms with Crippen molar-refractivity contribution >= 4 is 5.97 Å². The maximum Gasteiger partial charge on any atom is 0.320 e. The van der Waals surface area contributed by atoms with Crippen molar-refractivity contribution in [1.29, 1.82) is 0 Å². The van der Waals surface area contributed by atoms with Crippen LogP contribution in [0.15, 0.2) is 4.52 Å². The number of aromatic nitrogens is 2. The Morgan fingerprint density at radius 1 is 1.73 bits per heavy atom. The molecule has 15 heavy (non-hydrogen) atoms. The molecular weight excluding hydrogens is 198 g/mol. The van der Waals surface area contributed by atoms with E-state index in [0.717, 1.165) is 13.0 Å². The van der Waals surface area contributed by atoms with Crippen molar-refractivity contribution in [3.8, 4) is 0 Å². The average molecular weight is 211 g/mol. The molecule has 2 heterocycles. The highest BCUT2D eigenvalue weighted by molar-refractivity contribution is 5.73. The summed E-state index contributed by atoms with van der Waals surface area (Å²) in [5.74, 6) is 0.292. The monoisotopic (exact) mass is 211 g/mol. The molecule has 1 saturated heterocycles. The summed E-state index contributed by atoms with van der Waals surface area (Å²) in [6.45, 7) is 2.95. The van der Waals surface area contributed by atoms with Crippen molar-refractivity contribution in [2.24, 2.45) is 0 Å². The molecule has 1 aliphatic heterocycles. The Balaban J connectivity index is 2.02. The van der Waals surface area contributed by atoms with E-state index in [1.54, 1.807) is 6.92 Å². The number of aliphatic carboxylic acids is 1. The van der Waals surface area contributed by atoms with Gasteiger partial charge in [0.2, 0.25) is 5.89 Å². The third kappa shape index (κ3) is 2.15. The van der Waals surface area contributed by atoms with Gasteiger partial charge in [0.05, 0.1) is 6.54 Å². The Hall–Kier alpha value is -1.43. The van der Waals surface area contributed by atoms with Crippen LogP contribution in [0.3, 0.4) is 0 Å². The number of rotatable bonds is 3. The van der Waals surface area contributed by atoms with Crippen LogP contribution in [0.1, 0.15) is 24.6 Å². The standard InChI is InChI=1S/C9H13N3O3/c1-6-10-8(15-11-6)5-12-4-2-3-7(12)9(13)14/h7H,2-5H2,1H3,(H,13,14). The first-order valence-corrected chi connectivity index (χ1v) is 4.93. The Morgan fingerprint density at radius 2 is 2.53 bits per heavy atom. The third-order valence-corrected chi connectivity index (χ3v) is 2.56. The van der Waals surface area contributed by atoms with Crippen LogP contribution in [0.25, 0.3) is 0 Å². The number of hydrogen-bond acceptors (Lipinski definition) is 5. The lowest BCUT2D eigenvalue weighted by Gasteiger charge is -2.18. The van der Waals surface area contributed by atoms with E-state index in [1.165, 1.54) is 0 Å². The van der Waals surface area contributed by atoms with Crippen LogP contribution in [0.2, 0.25) is 0 Å². The van der Waals surface area contributed by atoms with Crippen LogP contribution < -0.4 is 0 Å². The quantitative estimate of drug-likeness (QED) is 0.780. The Kier molecular flexibility index (Phi) is 2.68. The van der Waals surface area contributed by atoms with E-state index in [0.29, 0.717) is 24.7 Å². The third-order valence-electron chi connectivity index (χ3n) is 2.56. The number of aryl methyl sites for hydroxylation is 1. The van der Waals surface area contributed by atoms with Gasteiger partial charge in [-0.1, -0.05) is 5.16 Å². The summed E-state index contributed by atoms with van der Waals surface area (Å²) in [5, 5.41) is 12.6. The van der Waals surface area contributed by atoms with Gasteiger partial charge in [-0.3, -0.25) is 9.69 Å². The second-order valence-corrected chi connectivity index (χ2v) is 3.70. The first kappa shape index (κ1) is 10.1. The van der Waals surface area contributed by atoms with E-state index < -0.39 is 12.0 Å². The van der Waals surface area contributed by atoms with Crippen molar-refractivity contribution in [1.82, 2.24) is 15.0 Å². The van der Waals surface area contributed by atoms with Gasteiger partial charge < -0.3 is 9.63 Å². The highest BCUT2D eigenvalue weighted by Gasteiger charge is 2.31. The van der Waals surface area contributed by atoms with E-state index in [-0.39, 0.29) is 0 Å². The molecule has 1 N–H and O–H groups in total. The topological polar surface area (TPSA) is 79.5 Å². The van der Waals surface area contributed by atoms with E-state index in [2.05, 4.69) is 10.1 Å². The summed E-state index contributed by atoms with van der Waals surface area (Å²) in [7, 11) is 0. The molecule has 0 aliphatic carbocycles. The minimum absolute atomic E-state index is 0.405. The zero-order valence-corrected chi connectivity index (χ0v) is 8.51. The lowest BCUT2D eigenvalue weighted by molar-refractivity contribution is -0.142. The summed E-state index contributed by atoms with van der Waals surface area (Å²) in [4.78, 5) is 16.8. The maximum absolute atomic E-state index is 10.9. The molecule has 1 aromatic heterocycles. The first-order chi connectivity index (χ1) is 7.16. The highest BCUT2D eigenvalue weighted by Crippen LogP contribution is 2.19. The Bertz CT molecular complexity index is 363. The van der Waals surface area contributed by atoms with Gasteiger partial charge in [-0.15, -0.1) is 0 Å². The van der Waals surface area contributed by atoms with Crippen LogP contribution in [0, 0.1) is 6.92 Å². The number of hydrogen-bond donors (Lipinski definition) is 1. The van der Waals surface area contributed by atoms with Gasteiger partial charge in [0.25, 0.3) is 0 Å². The van der Waals surface area contributed by atoms with Gasteiger partial charge in [-0.2, -0.15) is 4.98 Å². The predicted molar refractivity (Wildman–Crippen MR) is 50.1 cm³/mol. The molecular formula is C9H13N3O3. The molecule has 6 nitrogen and oxygen atoms in total. The van der Waals surface area contributed by atoms with Crippen LogP contribution in [-0.4, -0.2) is 38.7 Å². The molecule has 1 atom stereocenters. The molecule has 0 saturated carbocycles. The Morgan fingerprint density at radius 3 is 3.13 bits per heavy atom. The molecule has 82 valence electrons. The summed E-state index contributed by atoms with van der Waals surface area (Å²) in [6, 6.07) is -0.405. The fourth-order valence-electron chi connectivity index (χ4n) is 1.87. The minimum atomic E-state index is -0.774. The fraction of sp³-hybridized carbons (Fsp3) is 0.667. The van der Waals surface area contributed by atoms with Crippen LogP contribution in [0.5, 0.6) is 0 Å². The first-order valence-electron chi connectivity index (χ1n) is 4.93. The van der Waals surface area contributed by atoms with Crippen molar-refractivity contribution in [2.45, 2.75) is 32.4 Å². The van der Waals surface area contributed by atoms with E-state index in [9.17, 15) is 4.79 Å². The smallest absolute Gasteiger partial charge is 0.320 e. The van der Waals surface area contributed by atoms with Gasteiger partial charge in [0.1, 0.15) is 6.04 Å². The largest absolute Gasteiger partial charge is 0.480 e. The number of nitrogens with zero attached hydrogens (tertiary/aromatic N) is 3. The van der Waals surface area contributed by atoms with Gasteiger partial charge in [0, 0.05) is 0 Å². The summed E-state index contributed by atoms with van der Waals surface area (Å²) < 4.78 is 4.96. The Labute approximate surface area is 86.9 Å². The molecule has 0 radical (unpaired) electrons. The summed E-state index contributed by atoms with van der Waals surface area (Å²) >= 11 is 0. The lowest BCUT2D eigenvalue weighted by Crippen LogP contribution is -2.35. The zero-order chi connectivity index (χ0) is 10.8. The SMILES string of the molecule is Cc1noc(CN2CCCC2C(=O)O)n1. The van der Waals surface area contributed by atoms with Gasteiger partial charge in [-0.25, -0.2) is 0 Å². The second-order valence-electron chi connectivity index (χ2n) is 3.70. The zero-order valence-electron chi connectivity index (χ0n) is 8.51. The van der Waals surface area contributed by atoms with Crippen LogP contribution in [-0.2, 0) is 11.3 Å². The average Bonchev–Trinajstić information content (AvgIpc) is 2.75. The minimum Gasteiger partial charge on any atom is -0.480 e. The molecule has 0 amide bonds. The highest BCUT2D eigenvalue weighted by atomic mass is 16.5. The molecule has 0 spiro atoms. The molecule has 1 aromatic rings. The molecule has 1 unspecified atom stereocenters. The molecule has 6 heteroatoms. The van der Waals surface area contributed by atoms with Crippen molar-refractivity contribution in [3.63, 3.8) is 0 Å². The molecule has 0 aromatic carbocycles. The number of carbonyl (C=O) groups is 1. The maximum atomic E-state index is 10.9.